The van der Waals surface area contributed by atoms with Crippen molar-refractivity contribution in [3.8, 4) is 0 Å². The van der Waals surface area contributed by atoms with Crippen LogP contribution >= 0.6 is 11.3 Å². The standard InChI is InChI=1S/C20H29N3O3S2/c1-6-23(7-2)28(25,26)17-9-8-15(3)18(12-17)21-20(24)14-22(5)13-19-16(4)10-11-27-19/h8-12H,6-7,13-14H2,1-5H3,(H,21,24)/p+1. The monoisotopic (exact) mass is 424 g/mol. The van der Waals surface area contributed by atoms with Crippen LogP contribution in [0.4, 0.5) is 5.69 Å². The maximum Gasteiger partial charge on any atom is 0.279 e. The van der Waals surface area contributed by atoms with Crippen molar-refractivity contribution in [1.29, 1.82) is 0 Å². The molecule has 6 nitrogen and oxygen atoms in total. The summed E-state index contributed by atoms with van der Waals surface area (Å²) in [6, 6.07) is 6.96. The number of hydrogen-bond acceptors (Lipinski definition) is 4. The van der Waals surface area contributed by atoms with Gasteiger partial charge in [-0.25, -0.2) is 8.42 Å². The van der Waals surface area contributed by atoms with Crippen LogP contribution in [0.15, 0.2) is 34.5 Å². The predicted octanol–water partition coefficient (Wildman–Crippen LogP) is 2.05. The summed E-state index contributed by atoms with van der Waals surface area (Å²) >= 11 is 1.70. The van der Waals surface area contributed by atoms with Crippen LogP contribution in [0.1, 0.15) is 29.9 Å². The number of aryl methyl sites for hydroxylation is 2. The second kappa shape index (κ2) is 9.65. The summed E-state index contributed by atoms with van der Waals surface area (Å²) in [4.78, 5) is 15.1. The summed E-state index contributed by atoms with van der Waals surface area (Å²) in [6.07, 6.45) is 0. The van der Waals surface area contributed by atoms with Gasteiger partial charge in [-0.05, 0) is 48.6 Å². The van der Waals surface area contributed by atoms with Gasteiger partial charge in [-0.3, -0.25) is 4.79 Å². The van der Waals surface area contributed by atoms with Crippen LogP contribution in [0, 0.1) is 13.8 Å². The molecule has 2 N–H and O–H groups in total. The Morgan fingerprint density at radius 2 is 1.82 bits per heavy atom. The third-order valence-electron chi connectivity index (χ3n) is 4.72. The van der Waals surface area contributed by atoms with Gasteiger partial charge in [-0.15, -0.1) is 11.3 Å². The van der Waals surface area contributed by atoms with Crippen molar-refractivity contribution in [3.63, 3.8) is 0 Å². The van der Waals surface area contributed by atoms with Gasteiger partial charge < -0.3 is 10.2 Å². The Balaban J connectivity index is 2.11. The smallest absolute Gasteiger partial charge is 0.279 e. The van der Waals surface area contributed by atoms with Crippen molar-refractivity contribution < 1.29 is 18.1 Å². The number of sulfonamides is 1. The van der Waals surface area contributed by atoms with Crippen molar-refractivity contribution >= 4 is 33.0 Å². The Labute approximate surface area is 172 Å². The Hall–Kier alpha value is -1.74. The molecule has 0 fully saturated rings. The molecule has 1 aromatic heterocycles. The molecule has 2 rings (SSSR count). The van der Waals surface area contributed by atoms with Crippen LogP contribution in [0.25, 0.3) is 0 Å². The first kappa shape index (κ1) is 22.5. The number of carbonyl (C=O) groups excluding carboxylic acids is 1. The minimum atomic E-state index is -3.56. The van der Waals surface area contributed by atoms with Gasteiger partial charge >= 0.3 is 0 Å². The van der Waals surface area contributed by atoms with Crippen LogP contribution in [0.5, 0.6) is 0 Å². The average molecular weight is 425 g/mol. The molecule has 28 heavy (non-hydrogen) atoms. The van der Waals surface area contributed by atoms with Gasteiger partial charge in [-0.2, -0.15) is 4.31 Å². The van der Waals surface area contributed by atoms with E-state index in [1.165, 1.54) is 14.7 Å². The lowest BCUT2D eigenvalue weighted by Crippen LogP contribution is -3.08. The number of nitrogens with zero attached hydrogens (tertiary/aromatic N) is 1. The van der Waals surface area contributed by atoms with Crippen molar-refractivity contribution in [2.45, 2.75) is 39.1 Å². The van der Waals surface area contributed by atoms with E-state index in [1.54, 1.807) is 29.5 Å². The first-order chi connectivity index (χ1) is 13.2. The maximum atomic E-state index is 12.7. The summed E-state index contributed by atoms with van der Waals surface area (Å²) in [7, 11) is -1.58. The van der Waals surface area contributed by atoms with Crippen LogP contribution in [0.2, 0.25) is 0 Å². The van der Waals surface area contributed by atoms with Gasteiger partial charge in [0, 0.05) is 18.8 Å². The molecule has 0 spiro atoms. The summed E-state index contributed by atoms with van der Waals surface area (Å²) in [6.45, 7) is 9.46. The zero-order valence-corrected chi connectivity index (χ0v) is 18.8. The van der Waals surface area contributed by atoms with Gasteiger partial charge in [0.2, 0.25) is 10.0 Å². The minimum Gasteiger partial charge on any atom is -0.325 e. The van der Waals surface area contributed by atoms with Crippen LogP contribution in [0.3, 0.4) is 0 Å². The summed E-state index contributed by atoms with van der Waals surface area (Å²) in [5.74, 6) is -0.132. The number of nitrogens with one attached hydrogen (secondary N) is 2. The highest BCUT2D eigenvalue weighted by molar-refractivity contribution is 7.89. The average Bonchev–Trinajstić information content (AvgIpc) is 3.02. The SMILES string of the molecule is CCN(CC)S(=O)(=O)c1ccc(C)c(NC(=O)C[NH+](C)Cc2sccc2C)c1. The van der Waals surface area contributed by atoms with Crippen LogP contribution < -0.4 is 10.2 Å². The van der Waals surface area contributed by atoms with Gasteiger partial charge in [0.05, 0.1) is 16.8 Å². The zero-order chi connectivity index (χ0) is 20.9. The van der Waals surface area contributed by atoms with Gasteiger partial charge in [0.1, 0.15) is 6.54 Å². The predicted molar refractivity (Wildman–Crippen MR) is 114 cm³/mol. The Kier molecular flexibility index (Phi) is 7.77. The summed E-state index contributed by atoms with van der Waals surface area (Å²) in [5.41, 5.74) is 2.62. The fraction of sp³-hybridized carbons (Fsp3) is 0.450. The molecule has 0 saturated carbocycles. The van der Waals surface area contributed by atoms with E-state index in [1.807, 2.05) is 27.8 Å². The van der Waals surface area contributed by atoms with E-state index < -0.39 is 10.0 Å². The molecular weight excluding hydrogens is 394 g/mol. The molecule has 0 aliphatic carbocycles. The topological polar surface area (TPSA) is 70.9 Å². The molecule has 0 bridgehead atoms. The third kappa shape index (κ3) is 5.41. The van der Waals surface area contributed by atoms with Crippen molar-refractivity contribution in [1.82, 2.24) is 4.31 Å². The van der Waals surface area contributed by atoms with E-state index >= 15 is 0 Å². The van der Waals surface area contributed by atoms with E-state index in [0.717, 1.165) is 17.0 Å². The summed E-state index contributed by atoms with van der Waals surface area (Å²) < 4.78 is 26.9. The molecule has 0 saturated heterocycles. The second-order valence-corrected chi connectivity index (χ2v) is 9.89. The van der Waals surface area contributed by atoms with E-state index in [-0.39, 0.29) is 10.8 Å². The van der Waals surface area contributed by atoms with E-state index in [0.29, 0.717) is 25.3 Å². The number of amides is 1. The van der Waals surface area contributed by atoms with Crippen LogP contribution in [-0.4, -0.2) is 45.3 Å². The number of likely N-dealkylation sites (N-methyl/N-ethyl adjacent to an activating group) is 1. The number of benzene rings is 1. The maximum absolute atomic E-state index is 12.7. The third-order valence-corrected chi connectivity index (χ3v) is 7.79. The molecule has 1 atom stereocenters. The molecule has 0 radical (unpaired) electrons. The highest BCUT2D eigenvalue weighted by Gasteiger charge is 2.23. The first-order valence-corrected chi connectivity index (χ1v) is 11.8. The minimum absolute atomic E-state index is 0.132. The quantitative estimate of drug-likeness (QED) is 0.647. The molecule has 1 heterocycles. The molecule has 0 aliphatic heterocycles. The number of rotatable bonds is 9. The number of thiophene rings is 1. The largest absolute Gasteiger partial charge is 0.325 e. The van der Waals surface area contributed by atoms with Gasteiger partial charge in [0.15, 0.2) is 6.54 Å². The molecule has 0 aliphatic rings. The van der Waals surface area contributed by atoms with Crippen LogP contribution in [-0.2, 0) is 21.4 Å². The lowest BCUT2D eigenvalue weighted by molar-refractivity contribution is -0.884. The van der Waals surface area contributed by atoms with E-state index in [4.69, 9.17) is 0 Å². The Bertz CT molecular complexity index is 919. The first-order valence-electron chi connectivity index (χ1n) is 9.43. The van der Waals surface area contributed by atoms with E-state index in [9.17, 15) is 13.2 Å². The lowest BCUT2D eigenvalue weighted by Gasteiger charge is -2.19. The lowest BCUT2D eigenvalue weighted by atomic mass is 10.2. The van der Waals surface area contributed by atoms with Gasteiger partial charge in [-0.1, -0.05) is 19.9 Å². The number of hydrogen-bond donors (Lipinski definition) is 2. The number of anilines is 1. The fourth-order valence-electron chi connectivity index (χ4n) is 3.00. The van der Waals surface area contributed by atoms with Crippen molar-refractivity contribution in [2.24, 2.45) is 0 Å². The molecule has 1 aromatic carbocycles. The Morgan fingerprint density at radius 3 is 2.39 bits per heavy atom. The second-order valence-electron chi connectivity index (χ2n) is 6.95. The number of quaternary nitrogens is 1. The highest BCUT2D eigenvalue weighted by atomic mass is 32.2. The molecule has 1 unspecified atom stereocenters. The van der Waals surface area contributed by atoms with Crippen molar-refractivity contribution in [2.75, 3.05) is 32.0 Å². The molecule has 8 heteroatoms. The van der Waals surface area contributed by atoms with Gasteiger partial charge in [0.25, 0.3) is 5.91 Å². The molecule has 2 aromatic rings. The Morgan fingerprint density at radius 1 is 1.14 bits per heavy atom. The molecular formula is C20H30N3O3S2+. The van der Waals surface area contributed by atoms with E-state index in [2.05, 4.69) is 23.7 Å². The molecule has 1 amide bonds. The normalized spacial score (nSPS) is 12.9. The summed E-state index contributed by atoms with van der Waals surface area (Å²) in [5, 5.41) is 4.94. The zero-order valence-electron chi connectivity index (χ0n) is 17.2. The fourth-order valence-corrected chi connectivity index (χ4v) is 5.50. The molecule has 154 valence electrons. The number of carbonyl (C=O) groups is 1. The highest BCUT2D eigenvalue weighted by Crippen LogP contribution is 2.23. The van der Waals surface area contributed by atoms with Crippen molar-refractivity contribution in [3.05, 3.63) is 45.6 Å².